The van der Waals surface area contributed by atoms with Crippen LogP contribution in [0.3, 0.4) is 0 Å². The van der Waals surface area contributed by atoms with Crippen LogP contribution < -0.4 is 10.1 Å². The summed E-state index contributed by atoms with van der Waals surface area (Å²) in [5.74, 6) is 2.49. The lowest BCUT2D eigenvalue weighted by Crippen LogP contribution is -2.15. The summed E-state index contributed by atoms with van der Waals surface area (Å²) in [5, 5.41) is 3.53. The molecule has 132 valence electrons. The molecule has 2 aromatic carbocycles. The van der Waals surface area contributed by atoms with Gasteiger partial charge in [-0.3, -0.25) is 0 Å². The first kappa shape index (κ1) is 16.6. The lowest BCUT2D eigenvalue weighted by Gasteiger charge is -2.13. The Morgan fingerprint density at radius 3 is 2.46 bits per heavy atom. The predicted molar refractivity (Wildman–Crippen MR) is 104 cm³/mol. The van der Waals surface area contributed by atoms with E-state index in [0.29, 0.717) is 12.6 Å². The predicted octanol–water partition coefficient (Wildman–Crippen LogP) is 5.08. The Hall–Kier alpha value is -2.88. The SMILES string of the molecule is c1ccc(COc2ccc(-c3nccc(NC4CCCC4)n3)cc2)cc1. The average Bonchev–Trinajstić information content (AvgIpc) is 3.21. The van der Waals surface area contributed by atoms with Gasteiger partial charge in [0.1, 0.15) is 18.2 Å². The summed E-state index contributed by atoms with van der Waals surface area (Å²) in [4.78, 5) is 9.08. The highest BCUT2D eigenvalue weighted by Gasteiger charge is 2.15. The molecule has 0 radical (unpaired) electrons. The highest BCUT2D eigenvalue weighted by molar-refractivity contribution is 5.58. The molecule has 0 aliphatic heterocycles. The van der Waals surface area contributed by atoms with E-state index in [2.05, 4.69) is 27.4 Å². The van der Waals surface area contributed by atoms with E-state index in [-0.39, 0.29) is 0 Å². The van der Waals surface area contributed by atoms with Gasteiger partial charge in [-0.15, -0.1) is 0 Å². The topological polar surface area (TPSA) is 47.0 Å². The van der Waals surface area contributed by atoms with Crippen LogP contribution in [0.15, 0.2) is 66.9 Å². The second-order valence-electron chi connectivity index (χ2n) is 6.69. The third-order valence-electron chi connectivity index (χ3n) is 4.72. The normalized spacial score (nSPS) is 14.3. The van der Waals surface area contributed by atoms with E-state index >= 15 is 0 Å². The quantitative estimate of drug-likeness (QED) is 0.677. The van der Waals surface area contributed by atoms with Gasteiger partial charge in [-0.25, -0.2) is 9.97 Å². The number of nitrogens with zero attached hydrogens (tertiary/aromatic N) is 2. The molecule has 4 heteroatoms. The van der Waals surface area contributed by atoms with Gasteiger partial charge in [-0.1, -0.05) is 43.2 Å². The molecule has 1 aliphatic carbocycles. The number of rotatable bonds is 6. The van der Waals surface area contributed by atoms with Crippen molar-refractivity contribution in [1.29, 1.82) is 0 Å². The molecule has 1 aliphatic rings. The van der Waals surface area contributed by atoms with Crippen LogP contribution in [0.1, 0.15) is 31.2 Å². The van der Waals surface area contributed by atoms with Crippen molar-refractivity contribution in [2.75, 3.05) is 5.32 Å². The van der Waals surface area contributed by atoms with E-state index in [4.69, 9.17) is 4.74 Å². The van der Waals surface area contributed by atoms with Crippen LogP contribution >= 0.6 is 0 Å². The minimum atomic E-state index is 0.548. The van der Waals surface area contributed by atoms with Gasteiger partial charge in [0.15, 0.2) is 5.82 Å². The van der Waals surface area contributed by atoms with Crippen LogP contribution in [0.25, 0.3) is 11.4 Å². The minimum absolute atomic E-state index is 0.548. The monoisotopic (exact) mass is 345 g/mol. The van der Waals surface area contributed by atoms with Gasteiger partial charge in [-0.05, 0) is 48.7 Å². The Labute approximate surface area is 154 Å². The third kappa shape index (κ3) is 4.20. The van der Waals surface area contributed by atoms with Gasteiger partial charge < -0.3 is 10.1 Å². The van der Waals surface area contributed by atoms with Crippen LogP contribution in [0.4, 0.5) is 5.82 Å². The van der Waals surface area contributed by atoms with Crippen molar-refractivity contribution in [2.45, 2.75) is 38.3 Å². The molecule has 4 rings (SSSR count). The first-order chi connectivity index (χ1) is 12.9. The molecular formula is C22H23N3O. The smallest absolute Gasteiger partial charge is 0.161 e. The fourth-order valence-electron chi connectivity index (χ4n) is 3.30. The summed E-state index contributed by atoms with van der Waals surface area (Å²) in [6.45, 7) is 0.567. The molecule has 1 fully saturated rings. The second-order valence-corrected chi connectivity index (χ2v) is 6.69. The maximum atomic E-state index is 5.84. The first-order valence-corrected chi connectivity index (χ1v) is 9.23. The molecular weight excluding hydrogens is 322 g/mol. The number of nitrogens with one attached hydrogen (secondary N) is 1. The van der Waals surface area contributed by atoms with Crippen molar-refractivity contribution < 1.29 is 4.74 Å². The average molecular weight is 345 g/mol. The fourth-order valence-corrected chi connectivity index (χ4v) is 3.30. The zero-order chi connectivity index (χ0) is 17.6. The first-order valence-electron chi connectivity index (χ1n) is 9.23. The number of hydrogen-bond acceptors (Lipinski definition) is 4. The standard InChI is InChI=1S/C22H23N3O/c1-2-6-17(7-3-1)16-26-20-12-10-18(11-13-20)22-23-15-14-21(25-22)24-19-8-4-5-9-19/h1-3,6-7,10-15,19H,4-5,8-9,16H2,(H,23,24,25). The molecule has 26 heavy (non-hydrogen) atoms. The van der Waals surface area contributed by atoms with Crippen LogP contribution in [-0.2, 0) is 6.61 Å². The van der Waals surface area contributed by atoms with Crippen LogP contribution in [-0.4, -0.2) is 16.0 Å². The third-order valence-corrected chi connectivity index (χ3v) is 4.72. The number of anilines is 1. The van der Waals surface area contributed by atoms with E-state index in [1.807, 2.05) is 54.7 Å². The number of ether oxygens (including phenoxy) is 1. The van der Waals surface area contributed by atoms with Gasteiger partial charge in [0.2, 0.25) is 0 Å². The Kier molecular flexibility index (Phi) is 5.10. The van der Waals surface area contributed by atoms with Gasteiger partial charge in [0.25, 0.3) is 0 Å². The van der Waals surface area contributed by atoms with Crippen LogP contribution in [0.5, 0.6) is 5.75 Å². The molecule has 0 atom stereocenters. The molecule has 1 heterocycles. The number of benzene rings is 2. The minimum Gasteiger partial charge on any atom is -0.489 e. The molecule has 0 unspecified atom stereocenters. The van der Waals surface area contributed by atoms with E-state index in [9.17, 15) is 0 Å². The summed E-state index contributed by atoms with van der Waals surface area (Å²) in [6, 6.07) is 20.6. The molecule has 0 bridgehead atoms. The van der Waals surface area contributed by atoms with Gasteiger partial charge in [-0.2, -0.15) is 0 Å². The van der Waals surface area contributed by atoms with Gasteiger partial charge >= 0.3 is 0 Å². The molecule has 1 saturated carbocycles. The van der Waals surface area contributed by atoms with E-state index in [1.54, 1.807) is 0 Å². The Morgan fingerprint density at radius 1 is 0.923 bits per heavy atom. The van der Waals surface area contributed by atoms with Gasteiger partial charge in [0.05, 0.1) is 0 Å². The lowest BCUT2D eigenvalue weighted by molar-refractivity contribution is 0.306. The fraction of sp³-hybridized carbons (Fsp3) is 0.273. The van der Waals surface area contributed by atoms with Crippen molar-refractivity contribution in [3.05, 3.63) is 72.4 Å². The maximum absolute atomic E-state index is 5.84. The van der Waals surface area contributed by atoms with Crippen molar-refractivity contribution in [3.63, 3.8) is 0 Å². The Bertz CT molecular complexity index is 828. The summed E-state index contributed by atoms with van der Waals surface area (Å²) in [7, 11) is 0. The molecule has 0 saturated heterocycles. The Morgan fingerprint density at radius 2 is 1.69 bits per heavy atom. The van der Waals surface area contributed by atoms with Gasteiger partial charge in [0, 0.05) is 17.8 Å². The number of aromatic nitrogens is 2. The summed E-state index contributed by atoms with van der Waals surface area (Å²) in [6.07, 6.45) is 6.89. The van der Waals surface area contributed by atoms with Crippen molar-refractivity contribution >= 4 is 5.82 Å². The highest BCUT2D eigenvalue weighted by Crippen LogP contribution is 2.24. The largest absolute Gasteiger partial charge is 0.489 e. The molecule has 1 aromatic heterocycles. The summed E-state index contributed by atoms with van der Waals surface area (Å²) < 4.78 is 5.84. The zero-order valence-corrected chi connectivity index (χ0v) is 14.8. The zero-order valence-electron chi connectivity index (χ0n) is 14.8. The van der Waals surface area contributed by atoms with E-state index in [1.165, 1.54) is 25.7 Å². The van der Waals surface area contributed by atoms with Crippen LogP contribution in [0.2, 0.25) is 0 Å². The van der Waals surface area contributed by atoms with Crippen LogP contribution in [0, 0.1) is 0 Å². The molecule has 4 nitrogen and oxygen atoms in total. The summed E-state index contributed by atoms with van der Waals surface area (Å²) in [5.41, 5.74) is 2.15. The molecule has 3 aromatic rings. The second kappa shape index (κ2) is 8.00. The summed E-state index contributed by atoms with van der Waals surface area (Å²) >= 11 is 0. The number of hydrogen-bond donors (Lipinski definition) is 1. The maximum Gasteiger partial charge on any atom is 0.161 e. The molecule has 0 spiro atoms. The van der Waals surface area contributed by atoms with E-state index in [0.717, 1.165) is 28.5 Å². The lowest BCUT2D eigenvalue weighted by atomic mass is 10.2. The highest BCUT2D eigenvalue weighted by atomic mass is 16.5. The van der Waals surface area contributed by atoms with Crippen molar-refractivity contribution in [3.8, 4) is 17.1 Å². The molecule has 1 N–H and O–H groups in total. The molecule has 0 amide bonds. The Balaban J connectivity index is 1.41. The van der Waals surface area contributed by atoms with E-state index < -0.39 is 0 Å². The van der Waals surface area contributed by atoms with Crippen molar-refractivity contribution in [1.82, 2.24) is 9.97 Å². The van der Waals surface area contributed by atoms with Crippen molar-refractivity contribution in [2.24, 2.45) is 0 Å².